The summed E-state index contributed by atoms with van der Waals surface area (Å²) in [6, 6.07) is 4.83. The third kappa shape index (κ3) is 3.00. The maximum atomic E-state index is 13.7. The molecule has 0 aromatic heterocycles. The quantitative estimate of drug-likeness (QED) is 0.917. The highest BCUT2D eigenvalue weighted by Gasteiger charge is 2.27. The van der Waals surface area contributed by atoms with Crippen molar-refractivity contribution in [2.24, 2.45) is 0 Å². The van der Waals surface area contributed by atoms with Crippen molar-refractivity contribution in [1.82, 2.24) is 0 Å². The molecule has 1 aromatic rings. The second-order valence-electron chi connectivity index (χ2n) is 3.51. The van der Waals surface area contributed by atoms with Gasteiger partial charge < -0.3 is 9.84 Å². The molecule has 0 saturated carbocycles. The molecule has 0 heterocycles. The Labute approximate surface area is 97.2 Å². The number of benzene rings is 1. The van der Waals surface area contributed by atoms with Crippen LogP contribution in [0.3, 0.4) is 0 Å². The molecular formula is C11H14BrFO2. The first kappa shape index (κ1) is 12.6. The Kier molecular flexibility index (Phi) is 4.25. The monoisotopic (exact) mass is 276 g/mol. The molecule has 1 rings (SSSR count). The van der Waals surface area contributed by atoms with E-state index in [1.807, 2.05) is 6.92 Å². The van der Waals surface area contributed by atoms with Gasteiger partial charge in [0.15, 0.2) is 0 Å². The van der Waals surface area contributed by atoms with Crippen LogP contribution in [0, 0.1) is 5.82 Å². The first-order valence-corrected chi connectivity index (χ1v) is 5.53. The summed E-state index contributed by atoms with van der Waals surface area (Å²) in [5.41, 5.74) is -1.06. The van der Waals surface area contributed by atoms with Gasteiger partial charge in [0.25, 0.3) is 0 Å². The highest BCUT2D eigenvalue weighted by molar-refractivity contribution is 9.10. The molecule has 0 amide bonds. The van der Waals surface area contributed by atoms with Gasteiger partial charge in [0, 0.05) is 12.2 Å². The summed E-state index contributed by atoms with van der Waals surface area (Å²) in [5.74, 6) is -0.442. The van der Waals surface area contributed by atoms with Crippen molar-refractivity contribution in [3.63, 3.8) is 0 Å². The minimum absolute atomic E-state index is 0.0802. The van der Waals surface area contributed by atoms with Gasteiger partial charge >= 0.3 is 0 Å². The molecule has 0 aliphatic carbocycles. The predicted octanol–water partition coefficient (Wildman–Crippen LogP) is 2.83. The molecule has 1 unspecified atom stereocenters. The minimum atomic E-state index is -1.30. The molecular weight excluding hydrogens is 263 g/mol. The fourth-order valence-electron chi connectivity index (χ4n) is 1.30. The zero-order valence-electron chi connectivity index (χ0n) is 8.76. The van der Waals surface area contributed by atoms with Gasteiger partial charge in [-0.3, -0.25) is 0 Å². The highest BCUT2D eigenvalue weighted by Crippen LogP contribution is 2.28. The van der Waals surface area contributed by atoms with E-state index in [1.54, 1.807) is 18.2 Å². The molecule has 0 fully saturated rings. The topological polar surface area (TPSA) is 29.5 Å². The fraction of sp³-hybridized carbons (Fsp3) is 0.455. The lowest BCUT2D eigenvalue weighted by atomic mass is 9.96. The van der Waals surface area contributed by atoms with Crippen LogP contribution in [0.1, 0.15) is 19.4 Å². The normalized spacial score (nSPS) is 15.0. The van der Waals surface area contributed by atoms with Gasteiger partial charge in [0.1, 0.15) is 11.4 Å². The van der Waals surface area contributed by atoms with Gasteiger partial charge in [0.2, 0.25) is 0 Å². The summed E-state index contributed by atoms with van der Waals surface area (Å²) >= 11 is 3.08. The zero-order chi connectivity index (χ0) is 11.5. The van der Waals surface area contributed by atoms with Crippen LogP contribution < -0.4 is 0 Å². The lowest BCUT2D eigenvalue weighted by Gasteiger charge is -2.24. The number of aliphatic hydroxyl groups is 1. The van der Waals surface area contributed by atoms with E-state index in [2.05, 4.69) is 15.9 Å². The smallest absolute Gasteiger partial charge is 0.143 e. The summed E-state index contributed by atoms with van der Waals surface area (Å²) < 4.78 is 19.1. The largest absolute Gasteiger partial charge is 0.383 e. The fourth-order valence-corrected chi connectivity index (χ4v) is 1.66. The third-order valence-corrected chi connectivity index (χ3v) is 2.73. The van der Waals surface area contributed by atoms with Gasteiger partial charge in [-0.25, -0.2) is 4.39 Å². The van der Waals surface area contributed by atoms with Crippen LogP contribution in [0.5, 0.6) is 0 Å². The Hall–Kier alpha value is -0.450. The summed E-state index contributed by atoms with van der Waals surface area (Å²) in [5, 5.41) is 10.0. The van der Waals surface area contributed by atoms with Crippen LogP contribution in [0.4, 0.5) is 4.39 Å². The van der Waals surface area contributed by atoms with E-state index >= 15 is 0 Å². The molecule has 1 aromatic carbocycles. The standard InChI is InChI=1S/C11H14BrFO2/c1-3-15-7-11(2,14)8-5-4-6-9(12)10(8)13/h4-6,14H,3,7H2,1-2H3. The Morgan fingerprint density at radius 2 is 2.20 bits per heavy atom. The molecule has 84 valence electrons. The maximum Gasteiger partial charge on any atom is 0.143 e. The van der Waals surface area contributed by atoms with Crippen molar-refractivity contribution in [3.8, 4) is 0 Å². The minimum Gasteiger partial charge on any atom is -0.383 e. The van der Waals surface area contributed by atoms with Crippen molar-refractivity contribution in [1.29, 1.82) is 0 Å². The summed E-state index contributed by atoms with van der Waals surface area (Å²) in [7, 11) is 0. The molecule has 0 aliphatic heterocycles. The first-order valence-electron chi connectivity index (χ1n) is 4.73. The van der Waals surface area contributed by atoms with Crippen molar-refractivity contribution in [2.75, 3.05) is 13.2 Å². The number of hydrogen-bond donors (Lipinski definition) is 1. The lowest BCUT2D eigenvalue weighted by Crippen LogP contribution is -2.29. The van der Waals surface area contributed by atoms with Gasteiger partial charge in [-0.05, 0) is 35.8 Å². The Morgan fingerprint density at radius 1 is 1.53 bits per heavy atom. The summed E-state index contributed by atoms with van der Waals surface area (Å²) in [4.78, 5) is 0. The first-order chi connectivity index (χ1) is 6.99. The van der Waals surface area contributed by atoms with E-state index in [0.29, 0.717) is 11.1 Å². The van der Waals surface area contributed by atoms with E-state index in [1.165, 1.54) is 6.92 Å². The lowest BCUT2D eigenvalue weighted by molar-refractivity contribution is -0.0365. The third-order valence-electron chi connectivity index (χ3n) is 2.12. The molecule has 0 saturated heterocycles. The second-order valence-corrected chi connectivity index (χ2v) is 4.37. The van der Waals surface area contributed by atoms with E-state index in [9.17, 15) is 9.50 Å². The molecule has 0 radical (unpaired) electrons. The van der Waals surface area contributed by atoms with Crippen molar-refractivity contribution in [3.05, 3.63) is 34.1 Å². The van der Waals surface area contributed by atoms with Crippen molar-refractivity contribution < 1.29 is 14.2 Å². The molecule has 1 atom stereocenters. The van der Waals surface area contributed by atoms with Crippen LogP contribution in [0.25, 0.3) is 0 Å². The van der Waals surface area contributed by atoms with Gasteiger partial charge in [-0.2, -0.15) is 0 Å². The molecule has 15 heavy (non-hydrogen) atoms. The average Bonchev–Trinajstić information content (AvgIpc) is 2.19. The molecule has 0 aliphatic rings. The van der Waals surface area contributed by atoms with Gasteiger partial charge in [-0.15, -0.1) is 0 Å². The van der Waals surface area contributed by atoms with Crippen LogP contribution in [-0.2, 0) is 10.3 Å². The van der Waals surface area contributed by atoms with Gasteiger partial charge in [-0.1, -0.05) is 12.1 Å². The zero-order valence-corrected chi connectivity index (χ0v) is 10.3. The number of halogens is 2. The Morgan fingerprint density at radius 3 is 2.80 bits per heavy atom. The molecule has 2 nitrogen and oxygen atoms in total. The van der Waals surface area contributed by atoms with Crippen LogP contribution in [0.2, 0.25) is 0 Å². The van der Waals surface area contributed by atoms with E-state index in [0.717, 1.165) is 0 Å². The predicted molar refractivity (Wildman–Crippen MR) is 60.2 cm³/mol. The van der Waals surface area contributed by atoms with E-state index in [-0.39, 0.29) is 12.2 Å². The second kappa shape index (κ2) is 5.05. The van der Waals surface area contributed by atoms with Crippen LogP contribution >= 0.6 is 15.9 Å². The van der Waals surface area contributed by atoms with Gasteiger partial charge in [0.05, 0.1) is 11.1 Å². The van der Waals surface area contributed by atoms with Crippen molar-refractivity contribution >= 4 is 15.9 Å². The Balaban J connectivity index is 2.98. The summed E-state index contributed by atoms with van der Waals surface area (Å²) in [6.45, 7) is 3.93. The SMILES string of the molecule is CCOCC(C)(O)c1cccc(Br)c1F. The van der Waals surface area contributed by atoms with E-state index < -0.39 is 11.4 Å². The average molecular weight is 277 g/mol. The molecule has 1 N–H and O–H groups in total. The highest BCUT2D eigenvalue weighted by atomic mass is 79.9. The number of rotatable bonds is 4. The Bertz CT molecular complexity index is 339. The summed E-state index contributed by atoms with van der Waals surface area (Å²) in [6.07, 6.45) is 0. The number of hydrogen-bond acceptors (Lipinski definition) is 2. The van der Waals surface area contributed by atoms with Crippen LogP contribution in [-0.4, -0.2) is 18.3 Å². The van der Waals surface area contributed by atoms with E-state index in [4.69, 9.17) is 4.74 Å². The maximum absolute atomic E-state index is 13.7. The molecule has 4 heteroatoms. The van der Waals surface area contributed by atoms with Crippen molar-refractivity contribution in [2.45, 2.75) is 19.4 Å². The molecule has 0 bridgehead atoms. The number of ether oxygens (including phenoxy) is 1. The van der Waals surface area contributed by atoms with Crippen LogP contribution in [0.15, 0.2) is 22.7 Å². The molecule has 0 spiro atoms.